The molecule has 1 atom stereocenters. The van der Waals surface area contributed by atoms with Gasteiger partial charge in [0.2, 0.25) is 5.91 Å². The lowest BCUT2D eigenvalue weighted by Gasteiger charge is -2.12. The monoisotopic (exact) mass is 264 g/mol. The number of aromatic nitrogens is 1. The van der Waals surface area contributed by atoms with Gasteiger partial charge < -0.3 is 16.2 Å². The molecule has 0 aliphatic heterocycles. The summed E-state index contributed by atoms with van der Waals surface area (Å²) in [5.74, 6) is -0.358. The molecule has 6 nitrogen and oxygen atoms in total. The van der Waals surface area contributed by atoms with E-state index in [4.69, 9.17) is 10.8 Å². The zero-order valence-electron chi connectivity index (χ0n) is 11.0. The van der Waals surface area contributed by atoms with Crippen LogP contribution in [0.4, 0.5) is 0 Å². The summed E-state index contributed by atoms with van der Waals surface area (Å²) in [6.07, 6.45) is 4.02. The van der Waals surface area contributed by atoms with E-state index in [1.807, 2.05) is 19.1 Å². The molecule has 0 aliphatic rings. The molecule has 1 heterocycles. The minimum absolute atomic E-state index is 0.0345. The molecule has 4 N–H and O–H groups in total. The van der Waals surface area contributed by atoms with Gasteiger partial charge in [-0.1, -0.05) is 6.92 Å². The molecule has 1 amide bonds. The Balaban J connectivity index is 2.59. The van der Waals surface area contributed by atoms with Crippen molar-refractivity contribution in [3.05, 3.63) is 29.6 Å². The van der Waals surface area contributed by atoms with E-state index in [0.717, 1.165) is 11.3 Å². The van der Waals surface area contributed by atoms with Gasteiger partial charge in [-0.3, -0.25) is 14.8 Å². The first kappa shape index (κ1) is 15.3. The van der Waals surface area contributed by atoms with Gasteiger partial charge in [-0.25, -0.2) is 0 Å². The highest BCUT2D eigenvalue weighted by Crippen LogP contribution is 2.01. The molecule has 0 spiro atoms. The number of aliphatic imine (C=N–C) groups is 1. The zero-order valence-corrected chi connectivity index (χ0v) is 11.0. The number of carbonyl (C=O) groups is 1. The topological polar surface area (TPSA) is 101 Å². The molecule has 6 heteroatoms. The summed E-state index contributed by atoms with van der Waals surface area (Å²) < 4.78 is 0. The molecule has 0 aliphatic carbocycles. The van der Waals surface area contributed by atoms with Gasteiger partial charge in [0.15, 0.2) is 0 Å². The summed E-state index contributed by atoms with van der Waals surface area (Å²) in [4.78, 5) is 19.3. The molecule has 0 fully saturated rings. The van der Waals surface area contributed by atoms with E-state index < -0.39 is 0 Å². The van der Waals surface area contributed by atoms with Crippen molar-refractivity contribution in [1.82, 2.24) is 10.3 Å². The number of aliphatic hydroxyl groups excluding tert-OH is 1. The molecule has 1 rings (SSSR count). The lowest BCUT2D eigenvalue weighted by Crippen LogP contribution is -2.40. The van der Waals surface area contributed by atoms with Crippen molar-refractivity contribution < 1.29 is 9.90 Å². The summed E-state index contributed by atoms with van der Waals surface area (Å²) in [6.45, 7) is 2.79. The van der Waals surface area contributed by atoms with Crippen molar-refractivity contribution in [2.24, 2.45) is 10.7 Å². The number of hydrogen-bond acceptors (Lipinski definition) is 5. The molecular weight excluding hydrogens is 244 g/mol. The Hall–Kier alpha value is -1.79. The highest BCUT2D eigenvalue weighted by Gasteiger charge is 2.11. The molecular formula is C13H20N4O2. The normalized spacial score (nSPS) is 12.7. The van der Waals surface area contributed by atoms with E-state index in [1.54, 1.807) is 12.4 Å². The SMILES string of the molecule is CCC(NCc1cc(C=NCCO)ccn1)C(N)=O. The van der Waals surface area contributed by atoms with Crippen LogP contribution < -0.4 is 11.1 Å². The van der Waals surface area contributed by atoms with E-state index in [-0.39, 0.29) is 18.6 Å². The van der Waals surface area contributed by atoms with Crippen molar-refractivity contribution in [3.8, 4) is 0 Å². The highest BCUT2D eigenvalue weighted by molar-refractivity contribution is 5.80. The third-order valence-electron chi connectivity index (χ3n) is 2.59. The third-order valence-corrected chi connectivity index (χ3v) is 2.59. The third kappa shape index (κ3) is 5.58. The number of primary amides is 1. The fourth-order valence-electron chi connectivity index (χ4n) is 1.58. The number of nitrogens with one attached hydrogen (secondary N) is 1. The van der Waals surface area contributed by atoms with Gasteiger partial charge in [-0.15, -0.1) is 0 Å². The number of carbonyl (C=O) groups excluding carboxylic acids is 1. The average Bonchev–Trinajstić information content (AvgIpc) is 2.40. The van der Waals surface area contributed by atoms with Crippen LogP contribution in [0.2, 0.25) is 0 Å². The van der Waals surface area contributed by atoms with Crippen LogP contribution in [0.25, 0.3) is 0 Å². The number of amides is 1. The van der Waals surface area contributed by atoms with Crippen LogP contribution in [0.3, 0.4) is 0 Å². The lowest BCUT2D eigenvalue weighted by atomic mass is 10.2. The van der Waals surface area contributed by atoms with Gasteiger partial charge in [0, 0.05) is 19.0 Å². The fourth-order valence-corrected chi connectivity index (χ4v) is 1.58. The number of hydrogen-bond donors (Lipinski definition) is 3. The molecule has 19 heavy (non-hydrogen) atoms. The smallest absolute Gasteiger partial charge is 0.234 e. The number of nitrogens with zero attached hydrogens (tertiary/aromatic N) is 2. The van der Waals surface area contributed by atoms with E-state index in [1.165, 1.54) is 0 Å². The largest absolute Gasteiger partial charge is 0.394 e. The fraction of sp³-hybridized carbons (Fsp3) is 0.462. The number of nitrogens with two attached hydrogens (primary N) is 1. The van der Waals surface area contributed by atoms with Crippen LogP contribution in [-0.2, 0) is 11.3 Å². The maximum Gasteiger partial charge on any atom is 0.234 e. The quantitative estimate of drug-likeness (QED) is 0.568. The first-order valence-electron chi connectivity index (χ1n) is 6.25. The molecule has 1 aromatic heterocycles. The highest BCUT2D eigenvalue weighted by atomic mass is 16.3. The predicted molar refractivity (Wildman–Crippen MR) is 73.9 cm³/mol. The summed E-state index contributed by atoms with van der Waals surface area (Å²) in [5, 5.41) is 11.7. The standard InChI is InChI=1S/C13H20N4O2/c1-2-12(13(14)19)17-9-11-7-10(3-4-16-11)8-15-5-6-18/h3-4,7-8,12,17-18H,2,5-6,9H2,1H3,(H2,14,19). The van der Waals surface area contributed by atoms with Crippen molar-refractivity contribution >= 4 is 12.1 Å². The minimum Gasteiger partial charge on any atom is -0.394 e. The van der Waals surface area contributed by atoms with Crippen LogP contribution in [0.15, 0.2) is 23.3 Å². The summed E-state index contributed by atoms with van der Waals surface area (Å²) >= 11 is 0. The van der Waals surface area contributed by atoms with E-state index in [0.29, 0.717) is 19.5 Å². The molecule has 1 unspecified atom stereocenters. The van der Waals surface area contributed by atoms with E-state index in [2.05, 4.69) is 15.3 Å². The number of aliphatic hydroxyl groups is 1. The second-order valence-electron chi connectivity index (χ2n) is 4.08. The summed E-state index contributed by atoms with van der Waals surface area (Å²) in [6, 6.07) is 3.37. The Morgan fingerprint density at radius 2 is 2.47 bits per heavy atom. The average molecular weight is 264 g/mol. The molecule has 0 radical (unpaired) electrons. The van der Waals surface area contributed by atoms with Crippen LogP contribution in [-0.4, -0.2) is 41.4 Å². The lowest BCUT2D eigenvalue weighted by molar-refractivity contribution is -0.120. The Bertz CT molecular complexity index is 434. The van der Waals surface area contributed by atoms with Crippen LogP contribution in [0.1, 0.15) is 24.6 Å². The Kier molecular flexibility index (Phi) is 6.70. The van der Waals surface area contributed by atoms with Gasteiger partial charge in [0.25, 0.3) is 0 Å². The van der Waals surface area contributed by atoms with E-state index >= 15 is 0 Å². The Morgan fingerprint density at radius 1 is 1.68 bits per heavy atom. The number of pyridine rings is 1. The van der Waals surface area contributed by atoms with Crippen molar-refractivity contribution in [2.75, 3.05) is 13.2 Å². The molecule has 1 aromatic rings. The van der Waals surface area contributed by atoms with Gasteiger partial charge in [-0.2, -0.15) is 0 Å². The second kappa shape index (κ2) is 8.34. The van der Waals surface area contributed by atoms with E-state index in [9.17, 15) is 4.79 Å². The van der Waals surface area contributed by atoms with Gasteiger partial charge in [-0.05, 0) is 24.1 Å². The zero-order chi connectivity index (χ0) is 14.1. The first-order chi connectivity index (χ1) is 9.17. The van der Waals surface area contributed by atoms with Crippen LogP contribution >= 0.6 is 0 Å². The second-order valence-corrected chi connectivity index (χ2v) is 4.08. The molecule has 0 aromatic carbocycles. The Labute approximate surface area is 112 Å². The molecule has 0 saturated heterocycles. The minimum atomic E-state index is -0.358. The van der Waals surface area contributed by atoms with Crippen molar-refractivity contribution in [1.29, 1.82) is 0 Å². The number of rotatable bonds is 8. The summed E-state index contributed by atoms with van der Waals surface area (Å²) in [7, 11) is 0. The molecule has 0 saturated carbocycles. The molecule has 104 valence electrons. The Morgan fingerprint density at radius 3 is 3.11 bits per heavy atom. The predicted octanol–water partition coefficient (Wildman–Crippen LogP) is -0.154. The van der Waals surface area contributed by atoms with Crippen LogP contribution in [0.5, 0.6) is 0 Å². The van der Waals surface area contributed by atoms with Crippen molar-refractivity contribution in [2.45, 2.75) is 25.9 Å². The maximum absolute atomic E-state index is 11.1. The molecule has 0 bridgehead atoms. The maximum atomic E-state index is 11.1. The van der Waals surface area contributed by atoms with Gasteiger partial charge in [0.1, 0.15) is 0 Å². The first-order valence-corrected chi connectivity index (χ1v) is 6.25. The van der Waals surface area contributed by atoms with Crippen LogP contribution in [0, 0.1) is 0 Å². The van der Waals surface area contributed by atoms with Gasteiger partial charge >= 0.3 is 0 Å². The van der Waals surface area contributed by atoms with Crippen molar-refractivity contribution in [3.63, 3.8) is 0 Å². The summed E-state index contributed by atoms with van der Waals surface area (Å²) in [5.41, 5.74) is 6.98. The van der Waals surface area contributed by atoms with Gasteiger partial charge in [0.05, 0.1) is 24.9 Å².